The Bertz CT molecular complexity index is 404. The summed E-state index contributed by atoms with van der Waals surface area (Å²) >= 11 is 1.56. The molecule has 0 aromatic carbocycles. The van der Waals surface area contributed by atoms with E-state index >= 15 is 0 Å². The Balaban J connectivity index is 2.81. The van der Waals surface area contributed by atoms with Crippen LogP contribution in [0.5, 0.6) is 0 Å². The van der Waals surface area contributed by atoms with Gasteiger partial charge in [0, 0.05) is 6.54 Å². The Morgan fingerprint density at radius 1 is 1.32 bits per heavy atom. The summed E-state index contributed by atoms with van der Waals surface area (Å²) in [5.74, 6) is -0.903. The number of hydrogen-bond donors (Lipinski definition) is 1. The van der Waals surface area contributed by atoms with E-state index in [1.807, 2.05) is 0 Å². The van der Waals surface area contributed by atoms with E-state index in [0.29, 0.717) is 6.54 Å². The number of aromatic carboxylic acids is 1. The van der Waals surface area contributed by atoms with E-state index in [2.05, 4.69) is 30.7 Å². The maximum absolute atomic E-state index is 11.2. The minimum absolute atomic E-state index is 0.253. The molecule has 0 spiro atoms. The maximum atomic E-state index is 11.2. The Morgan fingerprint density at radius 2 is 2.05 bits per heavy atom. The van der Waals surface area contributed by atoms with E-state index in [1.165, 1.54) is 0 Å². The highest BCUT2D eigenvalue weighted by molar-refractivity contribution is 7.11. The quantitative estimate of drug-likeness (QED) is 0.755. The number of rotatable bonds is 9. The number of hydrogen-bond acceptors (Lipinski definition) is 4. The van der Waals surface area contributed by atoms with Crippen LogP contribution in [0.1, 0.15) is 60.4 Å². The van der Waals surface area contributed by atoms with Crippen molar-refractivity contribution in [1.82, 2.24) is 9.88 Å². The minimum atomic E-state index is -0.903. The number of carboxylic acids is 1. The van der Waals surface area contributed by atoms with Gasteiger partial charge in [0.25, 0.3) is 0 Å². The Labute approximate surface area is 119 Å². The monoisotopic (exact) mass is 284 g/mol. The van der Waals surface area contributed by atoms with Gasteiger partial charge in [-0.25, -0.2) is 9.78 Å². The van der Waals surface area contributed by atoms with Crippen LogP contribution in [-0.2, 0) is 13.0 Å². The molecule has 0 saturated carbocycles. The van der Waals surface area contributed by atoms with Crippen molar-refractivity contribution >= 4 is 17.3 Å². The maximum Gasteiger partial charge on any atom is 0.355 e. The van der Waals surface area contributed by atoms with Gasteiger partial charge in [0.05, 0.1) is 9.88 Å². The number of nitrogens with zero attached hydrogens (tertiary/aromatic N) is 2. The molecule has 0 amide bonds. The van der Waals surface area contributed by atoms with Gasteiger partial charge in [-0.2, -0.15) is 0 Å². The van der Waals surface area contributed by atoms with Crippen molar-refractivity contribution in [2.24, 2.45) is 0 Å². The molecule has 0 aliphatic carbocycles. The van der Waals surface area contributed by atoms with Crippen LogP contribution in [-0.4, -0.2) is 34.0 Å². The van der Waals surface area contributed by atoms with Crippen molar-refractivity contribution in [1.29, 1.82) is 0 Å². The fourth-order valence-electron chi connectivity index (χ4n) is 1.93. The summed E-state index contributed by atoms with van der Waals surface area (Å²) in [4.78, 5) is 18.7. The predicted molar refractivity (Wildman–Crippen MR) is 78.9 cm³/mol. The third-order valence-corrected chi connectivity index (χ3v) is 4.15. The normalized spacial score (nSPS) is 11.2. The highest BCUT2D eigenvalue weighted by atomic mass is 32.1. The van der Waals surface area contributed by atoms with Crippen LogP contribution in [0.3, 0.4) is 0 Å². The minimum Gasteiger partial charge on any atom is -0.476 e. The van der Waals surface area contributed by atoms with Gasteiger partial charge in [0.2, 0.25) is 0 Å². The topological polar surface area (TPSA) is 53.4 Å². The molecular formula is C14H24N2O2S. The number of thiazole rings is 1. The molecule has 0 unspecified atom stereocenters. The lowest BCUT2D eigenvalue weighted by molar-refractivity contribution is 0.0688. The fraction of sp³-hybridized carbons (Fsp3) is 0.714. The molecular weight excluding hydrogens is 260 g/mol. The first kappa shape index (κ1) is 16.1. The van der Waals surface area contributed by atoms with Crippen LogP contribution in [0.25, 0.3) is 0 Å². The summed E-state index contributed by atoms with van der Waals surface area (Å²) in [5, 5.41) is 10.2. The molecule has 0 bridgehead atoms. The molecule has 0 radical (unpaired) electrons. The molecule has 19 heavy (non-hydrogen) atoms. The molecule has 1 rings (SSSR count). The fourth-order valence-corrected chi connectivity index (χ4v) is 3.13. The average molecular weight is 284 g/mol. The lowest BCUT2D eigenvalue weighted by Crippen LogP contribution is -2.24. The predicted octanol–water partition coefficient (Wildman–Crippen LogP) is 3.42. The Morgan fingerprint density at radius 3 is 2.58 bits per heavy atom. The van der Waals surface area contributed by atoms with Gasteiger partial charge >= 0.3 is 5.97 Å². The van der Waals surface area contributed by atoms with Gasteiger partial charge in [-0.1, -0.05) is 27.2 Å². The van der Waals surface area contributed by atoms with Crippen molar-refractivity contribution in [2.45, 2.75) is 53.0 Å². The zero-order valence-electron chi connectivity index (χ0n) is 12.1. The van der Waals surface area contributed by atoms with Crippen molar-refractivity contribution in [3.63, 3.8) is 0 Å². The lowest BCUT2D eigenvalue weighted by atomic mass is 10.3. The molecule has 1 aromatic rings. The second-order valence-electron chi connectivity index (χ2n) is 4.66. The third-order valence-electron chi connectivity index (χ3n) is 3.05. The lowest BCUT2D eigenvalue weighted by Gasteiger charge is -2.19. The molecule has 1 N–H and O–H groups in total. The van der Waals surface area contributed by atoms with Gasteiger partial charge in [0.1, 0.15) is 0 Å². The second kappa shape index (κ2) is 8.27. The average Bonchev–Trinajstić information content (AvgIpc) is 2.78. The van der Waals surface area contributed by atoms with Crippen LogP contribution >= 0.6 is 11.3 Å². The van der Waals surface area contributed by atoms with E-state index in [1.54, 1.807) is 11.3 Å². The molecule has 5 heteroatoms. The van der Waals surface area contributed by atoms with Crippen LogP contribution in [0.2, 0.25) is 0 Å². The van der Waals surface area contributed by atoms with Crippen LogP contribution < -0.4 is 0 Å². The summed E-state index contributed by atoms with van der Waals surface area (Å²) in [5.41, 5.74) is 0.253. The van der Waals surface area contributed by atoms with E-state index in [9.17, 15) is 9.90 Å². The highest BCUT2D eigenvalue weighted by Crippen LogP contribution is 2.22. The summed E-state index contributed by atoms with van der Waals surface area (Å²) in [6.45, 7) is 9.04. The Hall–Kier alpha value is -0.940. The van der Waals surface area contributed by atoms with Crippen LogP contribution in [0.15, 0.2) is 0 Å². The van der Waals surface area contributed by atoms with Crippen molar-refractivity contribution in [2.75, 3.05) is 13.1 Å². The first-order chi connectivity index (χ1) is 9.12. The van der Waals surface area contributed by atoms with Gasteiger partial charge in [-0.15, -0.1) is 11.3 Å². The number of carboxylic acid groups (broad SMARTS) is 1. The third kappa shape index (κ3) is 4.91. The highest BCUT2D eigenvalue weighted by Gasteiger charge is 2.18. The number of aryl methyl sites for hydroxylation is 1. The number of aromatic nitrogens is 1. The molecule has 4 nitrogen and oxygen atoms in total. The van der Waals surface area contributed by atoms with E-state index in [4.69, 9.17) is 0 Å². The molecule has 0 aliphatic heterocycles. The van der Waals surface area contributed by atoms with E-state index in [0.717, 1.165) is 48.7 Å². The molecule has 0 aliphatic rings. The van der Waals surface area contributed by atoms with E-state index < -0.39 is 5.97 Å². The SMILES string of the molecule is CCCCN(CC)Cc1sc(CCC)nc1C(=O)O. The van der Waals surface area contributed by atoms with E-state index in [-0.39, 0.29) is 5.69 Å². The molecule has 0 fully saturated rings. The Kier molecular flexibility index (Phi) is 7.02. The smallest absolute Gasteiger partial charge is 0.355 e. The molecule has 0 saturated heterocycles. The molecule has 0 atom stereocenters. The number of carbonyl (C=O) groups is 1. The van der Waals surface area contributed by atoms with Gasteiger partial charge in [0.15, 0.2) is 5.69 Å². The zero-order chi connectivity index (χ0) is 14.3. The van der Waals surface area contributed by atoms with Crippen molar-refractivity contribution < 1.29 is 9.90 Å². The van der Waals surface area contributed by atoms with Gasteiger partial charge in [-0.3, -0.25) is 4.90 Å². The number of unbranched alkanes of at least 4 members (excludes halogenated alkanes) is 1. The molecule has 1 heterocycles. The van der Waals surface area contributed by atoms with Crippen LogP contribution in [0.4, 0.5) is 0 Å². The molecule has 108 valence electrons. The van der Waals surface area contributed by atoms with Crippen molar-refractivity contribution in [3.05, 3.63) is 15.6 Å². The van der Waals surface area contributed by atoms with Crippen LogP contribution in [0, 0.1) is 0 Å². The summed E-state index contributed by atoms with van der Waals surface area (Å²) in [7, 11) is 0. The first-order valence-corrected chi connectivity index (χ1v) is 7.88. The summed E-state index contributed by atoms with van der Waals surface area (Å²) < 4.78 is 0. The molecule has 1 aromatic heterocycles. The first-order valence-electron chi connectivity index (χ1n) is 7.06. The largest absolute Gasteiger partial charge is 0.476 e. The van der Waals surface area contributed by atoms with Crippen molar-refractivity contribution in [3.8, 4) is 0 Å². The summed E-state index contributed by atoms with van der Waals surface area (Å²) in [6.07, 6.45) is 4.17. The standard InChI is InChI=1S/C14H24N2O2S/c1-4-7-9-16(6-3)10-11-13(14(17)18)15-12(19-11)8-5-2/h4-10H2,1-3H3,(H,17,18). The van der Waals surface area contributed by atoms with Gasteiger partial charge < -0.3 is 5.11 Å². The van der Waals surface area contributed by atoms with Gasteiger partial charge in [-0.05, 0) is 32.4 Å². The zero-order valence-corrected chi connectivity index (χ0v) is 12.9. The second-order valence-corrected chi connectivity index (χ2v) is 5.83. The summed E-state index contributed by atoms with van der Waals surface area (Å²) in [6, 6.07) is 0.